The highest BCUT2D eigenvalue weighted by Gasteiger charge is 2.58. The zero-order valence-electron chi connectivity index (χ0n) is 12.1. The molecule has 0 amide bonds. The van der Waals surface area contributed by atoms with Gasteiger partial charge in [0, 0.05) is 26.1 Å². The molecule has 2 bridgehead atoms. The minimum absolute atomic E-state index is 0.000191. The average molecular weight is 272 g/mol. The van der Waals surface area contributed by atoms with Crippen molar-refractivity contribution < 1.29 is 14.3 Å². The molecule has 0 aromatic heterocycles. The minimum Gasteiger partial charge on any atom is -0.347 e. The molecule has 3 nitrogen and oxygen atoms in total. The number of carbonyl (C=O) groups is 1. The minimum atomic E-state index is -1.09. The predicted molar refractivity (Wildman–Crippen MR) is 76.3 cm³/mol. The van der Waals surface area contributed by atoms with Crippen LogP contribution in [-0.2, 0) is 14.3 Å². The second-order valence-electron chi connectivity index (χ2n) is 5.68. The zero-order valence-corrected chi connectivity index (χ0v) is 12.1. The molecule has 3 heteroatoms. The van der Waals surface area contributed by atoms with E-state index in [0.29, 0.717) is 0 Å². The summed E-state index contributed by atoms with van der Waals surface area (Å²) in [6.07, 6.45) is 2.99. The van der Waals surface area contributed by atoms with Crippen LogP contribution in [-0.4, -0.2) is 25.8 Å². The number of ether oxygens (including phenoxy) is 2. The largest absolute Gasteiger partial charge is 0.347 e. The van der Waals surface area contributed by atoms with Gasteiger partial charge in [-0.15, -0.1) is 0 Å². The van der Waals surface area contributed by atoms with Crippen LogP contribution in [0.5, 0.6) is 0 Å². The second-order valence-corrected chi connectivity index (χ2v) is 5.68. The first-order valence-electron chi connectivity index (χ1n) is 7.02. The Hall–Kier alpha value is -1.45. The fraction of sp³-hybridized carbons (Fsp3) is 0.471. The summed E-state index contributed by atoms with van der Waals surface area (Å²) in [6, 6.07) is 10.3. The third-order valence-corrected chi connectivity index (χ3v) is 4.85. The van der Waals surface area contributed by atoms with Crippen molar-refractivity contribution in [1.82, 2.24) is 0 Å². The van der Waals surface area contributed by atoms with E-state index in [9.17, 15) is 4.79 Å². The summed E-state index contributed by atoms with van der Waals surface area (Å²) < 4.78 is 11.0. The van der Waals surface area contributed by atoms with Gasteiger partial charge in [0.1, 0.15) is 0 Å². The number of Topliss-reactive ketones (excluding diaryl/α,β-unsaturated/α-hetero) is 1. The number of ketones is 1. The monoisotopic (exact) mass is 272 g/mol. The highest BCUT2D eigenvalue weighted by atomic mass is 16.7. The summed E-state index contributed by atoms with van der Waals surface area (Å²) in [6.45, 7) is 2.07. The molecule has 3 atom stereocenters. The molecule has 1 fully saturated rings. The molecule has 1 aromatic carbocycles. The summed E-state index contributed by atoms with van der Waals surface area (Å²) in [7, 11) is 3.12. The van der Waals surface area contributed by atoms with Crippen LogP contribution >= 0.6 is 0 Å². The Morgan fingerprint density at radius 2 is 1.80 bits per heavy atom. The van der Waals surface area contributed by atoms with Crippen LogP contribution in [0.25, 0.3) is 0 Å². The number of rotatable bonds is 3. The number of methoxy groups -OCH3 is 2. The number of carbonyl (C=O) groups excluding carboxylic acids is 1. The van der Waals surface area contributed by atoms with Crippen molar-refractivity contribution in [3.05, 3.63) is 47.5 Å². The molecule has 0 aliphatic heterocycles. The van der Waals surface area contributed by atoms with Crippen LogP contribution in [0.1, 0.15) is 24.8 Å². The van der Waals surface area contributed by atoms with E-state index in [1.165, 1.54) is 11.1 Å². The molecule has 20 heavy (non-hydrogen) atoms. The van der Waals surface area contributed by atoms with Crippen molar-refractivity contribution in [2.45, 2.75) is 25.0 Å². The van der Waals surface area contributed by atoms with Gasteiger partial charge in [0.05, 0.1) is 0 Å². The van der Waals surface area contributed by atoms with Gasteiger partial charge in [-0.05, 0) is 24.8 Å². The summed E-state index contributed by atoms with van der Waals surface area (Å²) >= 11 is 0. The normalized spacial score (nSPS) is 31.2. The Bertz CT molecular complexity index is 543. The summed E-state index contributed by atoms with van der Waals surface area (Å²) in [5.74, 6) is -0.953. The van der Waals surface area contributed by atoms with Crippen molar-refractivity contribution >= 4 is 5.78 Å². The van der Waals surface area contributed by atoms with Crippen LogP contribution in [0.4, 0.5) is 0 Å². The van der Waals surface area contributed by atoms with E-state index in [1.807, 2.05) is 18.2 Å². The quantitative estimate of drug-likeness (QED) is 0.627. The first-order valence-corrected chi connectivity index (χ1v) is 7.02. The molecule has 0 heterocycles. The van der Waals surface area contributed by atoms with Gasteiger partial charge < -0.3 is 9.47 Å². The van der Waals surface area contributed by atoms with E-state index in [4.69, 9.17) is 9.47 Å². The van der Waals surface area contributed by atoms with Crippen molar-refractivity contribution in [3.8, 4) is 0 Å². The van der Waals surface area contributed by atoms with E-state index in [2.05, 4.69) is 25.1 Å². The van der Waals surface area contributed by atoms with Gasteiger partial charge in [-0.1, -0.05) is 42.0 Å². The summed E-state index contributed by atoms with van der Waals surface area (Å²) in [4.78, 5) is 12.8. The van der Waals surface area contributed by atoms with E-state index in [1.54, 1.807) is 14.2 Å². The lowest BCUT2D eigenvalue weighted by Crippen LogP contribution is -2.59. The van der Waals surface area contributed by atoms with E-state index >= 15 is 0 Å². The average Bonchev–Trinajstić information content (AvgIpc) is 2.50. The van der Waals surface area contributed by atoms with Gasteiger partial charge in [-0.3, -0.25) is 4.79 Å². The van der Waals surface area contributed by atoms with Crippen molar-refractivity contribution in [1.29, 1.82) is 0 Å². The fourth-order valence-electron chi connectivity index (χ4n) is 3.83. The van der Waals surface area contributed by atoms with Crippen LogP contribution in [0.2, 0.25) is 0 Å². The molecular weight excluding hydrogens is 252 g/mol. The molecule has 1 aromatic rings. The standard InChI is InChI=1S/C17H20O3/c1-11-9-14-13(12-7-5-4-6-8-12)10-15(11)17(19-2,20-3)16(14)18/h4-9,13-15H,10H2,1-3H3/t13-,14-,15+/m0/s1. The molecule has 3 aliphatic rings. The first-order chi connectivity index (χ1) is 9.64. The van der Waals surface area contributed by atoms with E-state index < -0.39 is 5.79 Å². The van der Waals surface area contributed by atoms with Gasteiger partial charge in [-0.2, -0.15) is 0 Å². The lowest BCUT2D eigenvalue weighted by molar-refractivity contribution is -0.239. The van der Waals surface area contributed by atoms with Gasteiger partial charge in [0.25, 0.3) is 0 Å². The van der Waals surface area contributed by atoms with Crippen LogP contribution < -0.4 is 0 Å². The highest BCUT2D eigenvalue weighted by molar-refractivity contribution is 5.93. The smallest absolute Gasteiger partial charge is 0.235 e. The number of hydrogen-bond donors (Lipinski definition) is 0. The topological polar surface area (TPSA) is 35.5 Å². The van der Waals surface area contributed by atoms with Crippen LogP contribution in [0.3, 0.4) is 0 Å². The summed E-state index contributed by atoms with van der Waals surface area (Å²) in [5.41, 5.74) is 2.42. The fourth-order valence-corrected chi connectivity index (χ4v) is 3.83. The highest BCUT2D eigenvalue weighted by Crippen LogP contribution is 2.52. The van der Waals surface area contributed by atoms with Crippen molar-refractivity contribution in [3.63, 3.8) is 0 Å². The number of fused-ring (bicyclic) bond motifs is 2. The SMILES string of the molecule is COC1(OC)C(=O)[C@H]2C=C(C)[C@H]1C[C@H]2c1ccccc1. The molecule has 3 aliphatic carbocycles. The van der Waals surface area contributed by atoms with Crippen molar-refractivity contribution in [2.75, 3.05) is 14.2 Å². The Morgan fingerprint density at radius 1 is 1.15 bits per heavy atom. The Kier molecular flexibility index (Phi) is 3.27. The van der Waals surface area contributed by atoms with Gasteiger partial charge in [0.2, 0.25) is 5.79 Å². The maximum absolute atomic E-state index is 12.8. The maximum Gasteiger partial charge on any atom is 0.235 e. The third kappa shape index (κ3) is 1.70. The zero-order chi connectivity index (χ0) is 14.3. The molecular formula is C17H20O3. The maximum atomic E-state index is 12.8. The third-order valence-electron chi connectivity index (χ3n) is 4.85. The van der Waals surface area contributed by atoms with E-state index in [0.717, 1.165) is 6.42 Å². The molecule has 106 valence electrons. The van der Waals surface area contributed by atoms with Crippen molar-refractivity contribution in [2.24, 2.45) is 11.8 Å². The van der Waals surface area contributed by atoms with Crippen LogP contribution in [0, 0.1) is 11.8 Å². The lowest BCUT2D eigenvalue weighted by Gasteiger charge is -2.50. The predicted octanol–water partition coefficient (Wildman–Crippen LogP) is 2.92. The van der Waals surface area contributed by atoms with Gasteiger partial charge >= 0.3 is 0 Å². The van der Waals surface area contributed by atoms with Crippen LogP contribution in [0.15, 0.2) is 42.0 Å². The Labute approximate surface area is 119 Å². The molecule has 0 spiro atoms. The Balaban J connectivity index is 2.03. The molecule has 4 rings (SSSR count). The Morgan fingerprint density at radius 3 is 2.40 bits per heavy atom. The molecule has 0 unspecified atom stereocenters. The number of benzene rings is 1. The number of hydrogen-bond acceptors (Lipinski definition) is 3. The number of allylic oxidation sites excluding steroid dienone is 1. The second kappa shape index (κ2) is 4.83. The van der Waals surface area contributed by atoms with Gasteiger partial charge in [-0.25, -0.2) is 0 Å². The lowest BCUT2D eigenvalue weighted by atomic mass is 9.60. The molecule has 0 saturated heterocycles. The molecule has 1 saturated carbocycles. The first kappa shape index (κ1) is 13.5. The molecule has 0 radical (unpaired) electrons. The van der Waals surface area contributed by atoms with E-state index in [-0.39, 0.29) is 23.5 Å². The summed E-state index contributed by atoms with van der Waals surface area (Å²) in [5, 5.41) is 0. The van der Waals surface area contributed by atoms with Gasteiger partial charge in [0.15, 0.2) is 5.78 Å². The molecule has 0 N–H and O–H groups in total.